The molecule has 7 heteroatoms. The summed E-state index contributed by atoms with van der Waals surface area (Å²) in [6, 6.07) is 0. The number of aromatic nitrogens is 2. The van der Waals surface area contributed by atoms with E-state index in [0.29, 0.717) is 25.3 Å². The predicted molar refractivity (Wildman–Crippen MR) is 56.4 cm³/mol. The fourth-order valence-corrected chi connectivity index (χ4v) is 3.17. The van der Waals surface area contributed by atoms with Gasteiger partial charge >= 0.3 is 0 Å². The maximum absolute atomic E-state index is 11.5. The highest BCUT2D eigenvalue weighted by Gasteiger charge is 2.28. The molecule has 84 valence electrons. The Morgan fingerprint density at radius 1 is 1.60 bits per heavy atom. The molecule has 0 atom stereocenters. The molecule has 0 amide bonds. The number of hydrogen-bond acceptors (Lipinski definition) is 4. The third-order valence-electron chi connectivity index (χ3n) is 2.61. The van der Waals surface area contributed by atoms with E-state index in [4.69, 9.17) is 5.73 Å². The summed E-state index contributed by atoms with van der Waals surface area (Å²) in [7, 11) is -1.32. The van der Waals surface area contributed by atoms with Crippen LogP contribution in [0.3, 0.4) is 0 Å². The van der Waals surface area contributed by atoms with Gasteiger partial charge in [-0.05, 0) is 6.42 Å². The van der Waals surface area contributed by atoms with E-state index in [2.05, 4.69) is 5.10 Å². The Morgan fingerprint density at radius 2 is 2.33 bits per heavy atom. The van der Waals surface area contributed by atoms with Crippen molar-refractivity contribution in [3.8, 4) is 0 Å². The van der Waals surface area contributed by atoms with Gasteiger partial charge in [0.05, 0.1) is 11.9 Å². The summed E-state index contributed by atoms with van der Waals surface area (Å²) in [5.41, 5.74) is 6.51. The van der Waals surface area contributed by atoms with Crippen molar-refractivity contribution in [1.82, 2.24) is 14.1 Å². The van der Waals surface area contributed by atoms with E-state index in [0.717, 1.165) is 5.56 Å². The largest absolute Gasteiger partial charge is 0.384 e. The van der Waals surface area contributed by atoms with Gasteiger partial charge in [0.25, 0.3) is 0 Å². The summed E-state index contributed by atoms with van der Waals surface area (Å²) in [4.78, 5) is 0. The summed E-state index contributed by atoms with van der Waals surface area (Å²) in [5, 5.41) is 3.98. The molecule has 1 aromatic rings. The lowest BCUT2D eigenvalue weighted by molar-refractivity contribution is 0.440. The van der Waals surface area contributed by atoms with Crippen LogP contribution in [0.1, 0.15) is 12.0 Å². The molecule has 1 aliphatic rings. The van der Waals surface area contributed by atoms with Crippen LogP contribution in [0.4, 0.5) is 5.82 Å². The van der Waals surface area contributed by atoms with Gasteiger partial charge in [-0.15, -0.1) is 0 Å². The maximum Gasteiger partial charge on any atom is 0.214 e. The van der Waals surface area contributed by atoms with Crippen LogP contribution in [-0.4, -0.2) is 34.8 Å². The van der Waals surface area contributed by atoms with Gasteiger partial charge in [0, 0.05) is 25.7 Å². The second-order valence-corrected chi connectivity index (χ2v) is 5.77. The quantitative estimate of drug-likeness (QED) is 0.745. The van der Waals surface area contributed by atoms with E-state index in [9.17, 15) is 8.42 Å². The normalized spacial score (nSPS) is 20.9. The molecule has 0 spiro atoms. The van der Waals surface area contributed by atoms with Crippen molar-refractivity contribution in [3.63, 3.8) is 0 Å². The molecular weight excluding hydrogens is 216 g/mol. The first-order valence-corrected chi connectivity index (χ1v) is 6.36. The minimum Gasteiger partial charge on any atom is -0.384 e. The molecule has 0 aromatic carbocycles. The van der Waals surface area contributed by atoms with E-state index >= 15 is 0 Å². The molecular formula is C8H14N4O2S. The van der Waals surface area contributed by atoms with Crippen molar-refractivity contribution in [3.05, 3.63) is 11.8 Å². The Morgan fingerprint density at radius 3 is 2.80 bits per heavy atom. The van der Waals surface area contributed by atoms with Gasteiger partial charge < -0.3 is 5.73 Å². The van der Waals surface area contributed by atoms with Crippen LogP contribution in [0, 0.1) is 0 Å². The molecule has 1 fully saturated rings. The zero-order chi connectivity index (χ0) is 11.1. The first kappa shape index (κ1) is 10.4. The molecule has 0 unspecified atom stereocenters. The Hall–Kier alpha value is -1.08. The monoisotopic (exact) mass is 230 g/mol. The summed E-state index contributed by atoms with van der Waals surface area (Å²) in [6.45, 7) is 0.915. The van der Waals surface area contributed by atoms with Crippen LogP contribution < -0.4 is 5.73 Å². The number of aryl methyl sites for hydroxylation is 1. The molecule has 15 heavy (non-hydrogen) atoms. The minimum absolute atomic E-state index is 0.243. The lowest BCUT2D eigenvalue weighted by Gasteiger charge is -2.13. The summed E-state index contributed by atoms with van der Waals surface area (Å²) >= 11 is 0. The second kappa shape index (κ2) is 3.49. The number of sulfonamides is 1. The maximum atomic E-state index is 11.5. The van der Waals surface area contributed by atoms with Crippen LogP contribution in [0.2, 0.25) is 0 Å². The van der Waals surface area contributed by atoms with Gasteiger partial charge in [0.2, 0.25) is 10.0 Å². The lowest BCUT2D eigenvalue weighted by Crippen LogP contribution is -2.25. The molecule has 0 radical (unpaired) electrons. The van der Waals surface area contributed by atoms with Crippen molar-refractivity contribution in [1.29, 1.82) is 0 Å². The number of nitrogens with two attached hydrogens (primary N) is 1. The average Bonchev–Trinajstić information content (AvgIpc) is 2.64. The predicted octanol–water partition coefficient (Wildman–Crippen LogP) is -0.462. The Labute approximate surface area is 88.7 Å². The Bertz CT molecular complexity index is 465. The highest BCUT2D eigenvalue weighted by atomic mass is 32.2. The summed E-state index contributed by atoms with van der Waals surface area (Å²) in [5.74, 6) is 0.768. The van der Waals surface area contributed by atoms with E-state index < -0.39 is 10.0 Å². The highest BCUT2D eigenvalue weighted by Crippen LogP contribution is 2.19. The van der Waals surface area contributed by atoms with Crippen LogP contribution >= 0.6 is 0 Å². The number of rotatable bonds is 2. The molecule has 1 aliphatic heterocycles. The van der Waals surface area contributed by atoms with Gasteiger partial charge in [0.1, 0.15) is 5.82 Å². The average molecular weight is 230 g/mol. The topological polar surface area (TPSA) is 81.2 Å². The zero-order valence-electron chi connectivity index (χ0n) is 8.55. The van der Waals surface area contributed by atoms with Crippen molar-refractivity contribution >= 4 is 15.8 Å². The molecule has 1 saturated heterocycles. The number of nitrogen functional groups attached to an aromatic ring is 1. The lowest BCUT2D eigenvalue weighted by atomic mass is 10.3. The zero-order valence-corrected chi connectivity index (χ0v) is 9.37. The smallest absolute Gasteiger partial charge is 0.214 e. The van der Waals surface area contributed by atoms with Crippen LogP contribution in [0.25, 0.3) is 0 Å². The summed E-state index contributed by atoms with van der Waals surface area (Å²) < 4.78 is 26.1. The van der Waals surface area contributed by atoms with Gasteiger partial charge in [-0.2, -0.15) is 9.40 Å². The highest BCUT2D eigenvalue weighted by molar-refractivity contribution is 7.89. The Balaban J connectivity index is 2.19. The van der Waals surface area contributed by atoms with Crippen molar-refractivity contribution in [2.24, 2.45) is 7.05 Å². The third-order valence-corrected chi connectivity index (χ3v) is 4.52. The molecule has 2 rings (SSSR count). The molecule has 0 saturated carbocycles. The first-order valence-electron chi connectivity index (χ1n) is 4.75. The molecule has 2 N–H and O–H groups in total. The fourth-order valence-electron chi connectivity index (χ4n) is 1.67. The van der Waals surface area contributed by atoms with Crippen LogP contribution in [0.5, 0.6) is 0 Å². The van der Waals surface area contributed by atoms with Gasteiger partial charge in [-0.25, -0.2) is 8.42 Å². The standard InChI is InChI=1S/C8H14N4O2S/c1-11-8(9)7(5-10-11)6-12-3-2-4-15(12,13)14/h5H,2-4,6,9H2,1H3. The van der Waals surface area contributed by atoms with E-state index in [1.54, 1.807) is 13.2 Å². The van der Waals surface area contributed by atoms with Gasteiger partial charge in [0.15, 0.2) is 0 Å². The number of anilines is 1. The fraction of sp³-hybridized carbons (Fsp3) is 0.625. The molecule has 2 heterocycles. The van der Waals surface area contributed by atoms with Crippen molar-refractivity contribution in [2.75, 3.05) is 18.0 Å². The Kier molecular flexibility index (Phi) is 2.43. The minimum atomic E-state index is -3.05. The van der Waals surface area contributed by atoms with Gasteiger partial charge in [-0.3, -0.25) is 4.68 Å². The molecule has 1 aromatic heterocycles. The number of nitrogens with zero attached hydrogens (tertiary/aromatic N) is 3. The van der Waals surface area contributed by atoms with E-state index in [-0.39, 0.29) is 5.75 Å². The van der Waals surface area contributed by atoms with Crippen LogP contribution in [0.15, 0.2) is 6.20 Å². The molecule has 0 aliphatic carbocycles. The summed E-state index contributed by atoms with van der Waals surface area (Å²) in [6.07, 6.45) is 2.31. The van der Waals surface area contributed by atoms with E-state index in [1.165, 1.54) is 8.99 Å². The van der Waals surface area contributed by atoms with Crippen molar-refractivity contribution in [2.45, 2.75) is 13.0 Å². The molecule has 6 nitrogen and oxygen atoms in total. The van der Waals surface area contributed by atoms with Crippen LogP contribution in [-0.2, 0) is 23.6 Å². The first-order chi connectivity index (χ1) is 7.00. The SMILES string of the molecule is Cn1ncc(CN2CCCS2(=O)=O)c1N. The number of hydrogen-bond donors (Lipinski definition) is 1. The van der Waals surface area contributed by atoms with Gasteiger partial charge in [-0.1, -0.05) is 0 Å². The molecule has 0 bridgehead atoms. The third kappa shape index (κ3) is 1.84. The van der Waals surface area contributed by atoms with E-state index in [1.807, 2.05) is 0 Å². The second-order valence-electron chi connectivity index (χ2n) is 3.68. The van der Waals surface area contributed by atoms with Crippen molar-refractivity contribution < 1.29 is 8.42 Å².